The highest BCUT2D eigenvalue weighted by atomic mass is 35.5. The van der Waals surface area contributed by atoms with E-state index in [-0.39, 0.29) is 5.43 Å². The van der Waals surface area contributed by atoms with Crippen LogP contribution >= 0.6 is 11.6 Å². The van der Waals surface area contributed by atoms with Gasteiger partial charge in [-0.25, -0.2) is 0 Å². The molecule has 0 heterocycles. The highest BCUT2D eigenvalue weighted by Crippen LogP contribution is 2.27. The predicted molar refractivity (Wildman–Crippen MR) is 91.5 cm³/mol. The third kappa shape index (κ3) is 3.09. The van der Waals surface area contributed by atoms with Crippen LogP contribution in [0.2, 0.25) is 5.02 Å². The summed E-state index contributed by atoms with van der Waals surface area (Å²) in [5.41, 5.74) is 1.01. The van der Waals surface area contributed by atoms with Crippen molar-refractivity contribution in [3.8, 4) is 11.1 Å². The molecule has 0 atom stereocenters. The maximum Gasteiger partial charge on any atom is 0.250 e. The molecule has 116 valence electrons. The first-order valence-electron chi connectivity index (χ1n) is 8.02. The highest BCUT2D eigenvalue weighted by Gasteiger charge is 2.24. The summed E-state index contributed by atoms with van der Waals surface area (Å²) in [5, 5.41) is 3.96. The van der Waals surface area contributed by atoms with Crippen LogP contribution < -0.4 is 16.2 Å². The molecule has 1 fully saturated rings. The molecule has 3 rings (SSSR count). The second-order valence-corrected chi connectivity index (χ2v) is 6.54. The van der Waals surface area contributed by atoms with E-state index in [1.165, 1.54) is 32.1 Å². The van der Waals surface area contributed by atoms with E-state index in [1.54, 1.807) is 24.3 Å². The molecule has 0 aromatic heterocycles. The number of hydrogen-bond donors (Lipinski definition) is 1. The molecule has 4 heteroatoms. The van der Waals surface area contributed by atoms with E-state index in [2.05, 4.69) is 5.32 Å². The van der Waals surface area contributed by atoms with Crippen molar-refractivity contribution in [1.82, 2.24) is 0 Å². The average molecular weight is 318 g/mol. The molecule has 1 N–H and O–H groups in total. The van der Waals surface area contributed by atoms with Gasteiger partial charge in [0.25, 0.3) is 0 Å². The van der Waals surface area contributed by atoms with Gasteiger partial charge in [-0.3, -0.25) is 9.59 Å². The third-order valence-corrected chi connectivity index (χ3v) is 4.75. The molecule has 2 aromatic rings. The van der Waals surface area contributed by atoms with E-state index >= 15 is 0 Å². The fourth-order valence-corrected chi connectivity index (χ4v) is 3.35. The molecule has 22 heavy (non-hydrogen) atoms. The Bertz CT molecular complexity index is 706. The van der Waals surface area contributed by atoms with Crippen molar-refractivity contribution in [2.24, 2.45) is 0 Å². The van der Waals surface area contributed by atoms with Crippen molar-refractivity contribution in [3.63, 3.8) is 0 Å². The Balaban J connectivity index is 1.82. The summed E-state index contributed by atoms with van der Waals surface area (Å²) in [6.45, 7) is 0. The normalized spacial score (nSPS) is 17.1. The van der Waals surface area contributed by atoms with Crippen molar-refractivity contribution in [2.75, 3.05) is 5.32 Å². The maximum atomic E-state index is 11.9. The molecule has 0 bridgehead atoms. The molecule has 0 unspecified atom stereocenters. The molecule has 2 aromatic carbocycles. The largest absolute Gasteiger partial charge is 0.378 e. The van der Waals surface area contributed by atoms with Crippen molar-refractivity contribution in [3.05, 3.63) is 49.7 Å². The molecule has 0 saturated heterocycles. The second kappa shape index (κ2) is 6.66. The fraction of sp³-hybridized carbons (Fsp3) is 0.444. The van der Waals surface area contributed by atoms with Crippen molar-refractivity contribution >= 4 is 17.3 Å². The second-order valence-electron chi connectivity index (χ2n) is 6.10. The van der Waals surface area contributed by atoms with Gasteiger partial charge >= 0.3 is 0 Å². The van der Waals surface area contributed by atoms with E-state index in [0.29, 0.717) is 22.3 Å². The van der Waals surface area contributed by atoms with Crippen LogP contribution in [0.1, 0.15) is 44.9 Å². The van der Waals surface area contributed by atoms with Gasteiger partial charge < -0.3 is 5.32 Å². The van der Waals surface area contributed by atoms with Gasteiger partial charge in [0.15, 0.2) is 0 Å². The van der Waals surface area contributed by atoms with Gasteiger partial charge in [-0.2, -0.15) is 0 Å². The SMILES string of the molecule is O=c1c(NC2CCCCCCC2)c(-c2ccc(Cl)cc2)c1=O. The third-order valence-electron chi connectivity index (χ3n) is 4.50. The number of halogens is 1. The lowest BCUT2D eigenvalue weighted by molar-refractivity contribution is 0.471. The Morgan fingerprint density at radius 3 is 2.09 bits per heavy atom. The summed E-state index contributed by atoms with van der Waals surface area (Å²) in [7, 11) is 0. The van der Waals surface area contributed by atoms with Crippen LogP contribution in [0.5, 0.6) is 0 Å². The Morgan fingerprint density at radius 1 is 0.864 bits per heavy atom. The van der Waals surface area contributed by atoms with E-state index in [1.807, 2.05) is 0 Å². The molecule has 1 aliphatic carbocycles. The summed E-state index contributed by atoms with van der Waals surface area (Å²) in [6.07, 6.45) is 8.33. The summed E-state index contributed by atoms with van der Waals surface area (Å²) in [5.74, 6) is 0. The Hall–Kier alpha value is -1.61. The van der Waals surface area contributed by atoms with Gasteiger partial charge in [-0.05, 0) is 30.5 Å². The topological polar surface area (TPSA) is 46.2 Å². The monoisotopic (exact) mass is 317 g/mol. The molecule has 3 nitrogen and oxygen atoms in total. The number of rotatable bonds is 3. The lowest BCUT2D eigenvalue weighted by Crippen LogP contribution is -2.39. The van der Waals surface area contributed by atoms with Crippen LogP contribution in [-0.2, 0) is 0 Å². The number of hydrogen-bond acceptors (Lipinski definition) is 3. The summed E-state index contributed by atoms with van der Waals surface area (Å²) >= 11 is 5.88. The van der Waals surface area contributed by atoms with Gasteiger partial charge in [-0.15, -0.1) is 0 Å². The van der Waals surface area contributed by atoms with Crippen LogP contribution in [0.15, 0.2) is 33.9 Å². The van der Waals surface area contributed by atoms with Gasteiger partial charge in [0.2, 0.25) is 10.9 Å². The first-order chi connectivity index (χ1) is 10.7. The van der Waals surface area contributed by atoms with Gasteiger partial charge in [0.05, 0.1) is 11.3 Å². The van der Waals surface area contributed by atoms with Gasteiger partial charge in [0, 0.05) is 11.1 Å². The van der Waals surface area contributed by atoms with E-state index < -0.39 is 5.43 Å². The molecule has 0 spiro atoms. The molecular formula is C18H20ClNO2. The number of benzene rings is 1. The minimum atomic E-state index is -0.393. The standard InChI is InChI=1S/C18H20ClNO2/c19-13-10-8-12(9-11-13)15-16(18(22)17(15)21)20-14-6-4-2-1-3-5-7-14/h8-11,14,20H,1-7H2. The van der Waals surface area contributed by atoms with E-state index in [4.69, 9.17) is 11.6 Å². The molecule has 0 radical (unpaired) electrons. The Morgan fingerprint density at radius 2 is 1.45 bits per heavy atom. The lowest BCUT2D eigenvalue weighted by atomic mass is 9.94. The number of anilines is 1. The molecule has 0 aliphatic heterocycles. The minimum Gasteiger partial charge on any atom is -0.378 e. The van der Waals surface area contributed by atoms with Gasteiger partial charge in [0.1, 0.15) is 0 Å². The summed E-state index contributed by atoms with van der Waals surface area (Å²) < 4.78 is 0. The van der Waals surface area contributed by atoms with Crippen LogP contribution in [-0.4, -0.2) is 6.04 Å². The first-order valence-corrected chi connectivity index (χ1v) is 8.40. The van der Waals surface area contributed by atoms with Crippen LogP contribution in [0.3, 0.4) is 0 Å². The zero-order chi connectivity index (χ0) is 15.5. The van der Waals surface area contributed by atoms with Gasteiger partial charge in [-0.1, -0.05) is 55.8 Å². The average Bonchev–Trinajstić information content (AvgIpc) is 2.50. The quantitative estimate of drug-likeness (QED) is 0.866. The predicted octanol–water partition coefficient (Wildman–Crippen LogP) is 4.13. The molecule has 0 amide bonds. The fourth-order valence-electron chi connectivity index (χ4n) is 3.23. The maximum absolute atomic E-state index is 11.9. The summed E-state index contributed by atoms with van der Waals surface area (Å²) in [4.78, 5) is 23.9. The van der Waals surface area contributed by atoms with Crippen LogP contribution in [0.25, 0.3) is 11.1 Å². The Labute approximate surface area is 135 Å². The smallest absolute Gasteiger partial charge is 0.250 e. The lowest BCUT2D eigenvalue weighted by Gasteiger charge is -2.24. The molecular weight excluding hydrogens is 298 g/mol. The van der Waals surface area contributed by atoms with Crippen molar-refractivity contribution in [1.29, 1.82) is 0 Å². The first kappa shape index (κ1) is 15.3. The Kier molecular flexibility index (Phi) is 4.63. The zero-order valence-electron chi connectivity index (χ0n) is 12.5. The van der Waals surface area contributed by atoms with E-state index in [0.717, 1.165) is 18.4 Å². The summed E-state index contributed by atoms with van der Waals surface area (Å²) in [6, 6.07) is 7.37. The van der Waals surface area contributed by atoms with Crippen LogP contribution in [0.4, 0.5) is 5.69 Å². The molecule has 1 saturated carbocycles. The van der Waals surface area contributed by atoms with Crippen molar-refractivity contribution < 1.29 is 0 Å². The van der Waals surface area contributed by atoms with E-state index in [9.17, 15) is 9.59 Å². The van der Waals surface area contributed by atoms with Crippen molar-refractivity contribution in [2.45, 2.75) is 51.0 Å². The highest BCUT2D eigenvalue weighted by molar-refractivity contribution is 6.30. The number of nitrogens with one attached hydrogen (secondary N) is 1. The molecule has 1 aliphatic rings. The minimum absolute atomic E-state index is 0.301. The van der Waals surface area contributed by atoms with Crippen LogP contribution in [0, 0.1) is 0 Å². The zero-order valence-corrected chi connectivity index (χ0v) is 13.3.